The summed E-state index contributed by atoms with van der Waals surface area (Å²) in [6, 6.07) is 16.1. The van der Waals surface area contributed by atoms with Crippen LogP contribution in [0.4, 0.5) is 13.2 Å². The SMILES string of the molecule is N#Cc1cc(C(F)(F)F)ccc1-c1ccc(C(=O)N2[C@@H](c3ccccc3Cl)CC[C@H]2C(=O)O)cc1. The summed E-state index contributed by atoms with van der Waals surface area (Å²) in [7, 11) is 0. The Morgan fingerprint density at radius 1 is 1.03 bits per heavy atom. The Kier molecular flexibility index (Phi) is 6.55. The zero-order valence-corrected chi connectivity index (χ0v) is 18.8. The van der Waals surface area contributed by atoms with Crippen LogP contribution in [0.5, 0.6) is 0 Å². The van der Waals surface area contributed by atoms with Crippen LogP contribution in [-0.2, 0) is 11.0 Å². The third-order valence-electron chi connectivity index (χ3n) is 6.08. The van der Waals surface area contributed by atoms with Gasteiger partial charge >= 0.3 is 12.1 Å². The molecule has 0 spiro atoms. The van der Waals surface area contributed by atoms with Gasteiger partial charge in [-0.15, -0.1) is 0 Å². The topological polar surface area (TPSA) is 81.4 Å². The zero-order valence-electron chi connectivity index (χ0n) is 18.1. The van der Waals surface area contributed by atoms with E-state index in [0.717, 1.165) is 12.1 Å². The van der Waals surface area contributed by atoms with Crippen molar-refractivity contribution in [2.24, 2.45) is 0 Å². The van der Waals surface area contributed by atoms with E-state index >= 15 is 0 Å². The molecule has 3 aromatic rings. The van der Waals surface area contributed by atoms with Gasteiger partial charge in [0.25, 0.3) is 5.91 Å². The van der Waals surface area contributed by atoms with Crippen LogP contribution in [0.2, 0.25) is 5.02 Å². The highest BCUT2D eigenvalue weighted by Gasteiger charge is 2.42. The first-order valence-corrected chi connectivity index (χ1v) is 11.0. The van der Waals surface area contributed by atoms with E-state index < -0.39 is 35.7 Å². The molecule has 2 atom stereocenters. The molecular formula is C26H18ClF3N2O3. The average molecular weight is 499 g/mol. The van der Waals surface area contributed by atoms with Crippen molar-refractivity contribution in [2.75, 3.05) is 0 Å². The molecule has 0 bridgehead atoms. The second kappa shape index (κ2) is 9.43. The summed E-state index contributed by atoms with van der Waals surface area (Å²) in [5.41, 5.74) is 0.534. The number of likely N-dealkylation sites (tertiary alicyclic amines) is 1. The number of benzene rings is 3. The lowest BCUT2D eigenvalue weighted by atomic mass is 9.96. The van der Waals surface area contributed by atoms with Gasteiger partial charge in [-0.05, 0) is 59.9 Å². The molecule has 1 amide bonds. The van der Waals surface area contributed by atoms with Crippen LogP contribution in [0, 0.1) is 11.3 Å². The fraction of sp³-hybridized carbons (Fsp3) is 0.192. The fourth-order valence-electron chi connectivity index (χ4n) is 4.39. The summed E-state index contributed by atoms with van der Waals surface area (Å²) in [5.74, 6) is -1.62. The molecule has 1 saturated heterocycles. The standard InChI is InChI=1S/C26H18ClF3N2O3/c27-21-4-2-1-3-20(21)22-11-12-23(25(34)35)32(22)24(33)16-7-5-15(6-8-16)19-10-9-18(26(28,29)30)13-17(19)14-31/h1-10,13,22-23H,11-12H2,(H,34,35)/t22-,23+/m1/s1. The third kappa shape index (κ3) is 4.73. The molecule has 0 saturated carbocycles. The lowest BCUT2D eigenvalue weighted by molar-refractivity contribution is -0.141. The Morgan fingerprint density at radius 2 is 1.71 bits per heavy atom. The number of carbonyl (C=O) groups is 2. The molecule has 1 heterocycles. The van der Waals surface area contributed by atoms with Crippen molar-refractivity contribution in [3.8, 4) is 17.2 Å². The number of alkyl halides is 3. The van der Waals surface area contributed by atoms with E-state index in [2.05, 4.69) is 0 Å². The van der Waals surface area contributed by atoms with Gasteiger partial charge in [-0.2, -0.15) is 18.4 Å². The first-order chi connectivity index (χ1) is 16.6. The van der Waals surface area contributed by atoms with Gasteiger partial charge in [-0.3, -0.25) is 4.79 Å². The van der Waals surface area contributed by atoms with Crippen molar-refractivity contribution in [3.63, 3.8) is 0 Å². The normalized spacial score (nSPS) is 17.7. The molecule has 0 unspecified atom stereocenters. The lowest BCUT2D eigenvalue weighted by Crippen LogP contribution is -2.41. The number of rotatable bonds is 4. The summed E-state index contributed by atoms with van der Waals surface area (Å²) in [6.45, 7) is 0. The van der Waals surface area contributed by atoms with E-state index in [1.165, 1.54) is 35.2 Å². The Balaban J connectivity index is 1.67. The average Bonchev–Trinajstić information content (AvgIpc) is 3.28. The number of nitriles is 1. The Bertz CT molecular complexity index is 1330. The molecule has 1 N–H and O–H groups in total. The summed E-state index contributed by atoms with van der Waals surface area (Å²) in [4.78, 5) is 26.6. The minimum Gasteiger partial charge on any atom is -0.480 e. The number of aliphatic carboxylic acids is 1. The van der Waals surface area contributed by atoms with Crippen LogP contribution >= 0.6 is 11.6 Å². The molecule has 0 aliphatic carbocycles. The van der Waals surface area contributed by atoms with Crippen LogP contribution in [0.1, 0.15) is 45.9 Å². The van der Waals surface area contributed by atoms with Gasteiger partial charge in [0.05, 0.1) is 23.2 Å². The zero-order chi connectivity index (χ0) is 25.3. The number of nitrogens with zero attached hydrogens (tertiary/aromatic N) is 2. The number of amides is 1. The fourth-order valence-corrected chi connectivity index (χ4v) is 4.66. The quantitative estimate of drug-likeness (QED) is 0.456. The second-order valence-corrected chi connectivity index (χ2v) is 8.54. The van der Waals surface area contributed by atoms with Gasteiger partial charge in [0.2, 0.25) is 0 Å². The summed E-state index contributed by atoms with van der Waals surface area (Å²) < 4.78 is 39.0. The van der Waals surface area contributed by atoms with Crippen LogP contribution in [0.3, 0.4) is 0 Å². The van der Waals surface area contributed by atoms with Crippen LogP contribution < -0.4 is 0 Å². The lowest BCUT2D eigenvalue weighted by Gasteiger charge is -2.29. The highest BCUT2D eigenvalue weighted by Crippen LogP contribution is 2.40. The summed E-state index contributed by atoms with van der Waals surface area (Å²) >= 11 is 6.32. The minimum absolute atomic E-state index is 0.150. The van der Waals surface area contributed by atoms with Crippen molar-refractivity contribution in [1.82, 2.24) is 4.90 Å². The van der Waals surface area contributed by atoms with Crippen molar-refractivity contribution in [2.45, 2.75) is 31.1 Å². The number of carboxylic acid groups (broad SMARTS) is 1. The van der Waals surface area contributed by atoms with Crippen LogP contribution in [-0.4, -0.2) is 27.9 Å². The largest absolute Gasteiger partial charge is 0.480 e. The maximum absolute atomic E-state index is 13.4. The molecule has 1 aliphatic heterocycles. The smallest absolute Gasteiger partial charge is 0.416 e. The van der Waals surface area contributed by atoms with E-state index in [4.69, 9.17) is 11.6 Å². The van der Waals surface area contributed by atoms with Crippen molar-refractivity contribution in [1.29, 1.82) is 5.26 Å². The minimum atomic E-state index is -4.57. The van der Waals surface area contributed by atoms with E-state index in [9.17, 15) is 33.1 Å². The molecule has 5 nitrogen and oxygen atoms in total. The number of hydrogen-bond donors (Lipinski definition) is 1. The van der Waals surface area contributed by atoms with Gasteiger partial charge in [0, 0.05) is 10.6 Å². The van der Waals surface area contributed by atoms with Crippen LogP contribution in [0.15, 0.2) is 66.7 Å². The number of carboxylic acids is 1. The van der Waals surface area contributed by atoms with Crippen LogP contribution in [0.25, 0.3) is 11.1 Å². The predicted octanol–water partition coefficient (Wildman–Crippen LogP) is 6.33. The maximum atomic E-state index is 13.4. The molecule has 0 radical (unpaired) electrons. The van der Waals surface area contributed by atoms with Gasteiger partial charge in [0.1, 0.15) is 6.04 Å². The number of halogens is 4. The van der Waals surface area contributed by atoms with E-state index in [0.29, 0.717) is 22.6 Å². The van der Waals surface area contributed by atoms with E-state index in [1.54, 1.807) is 30.3 Å². The molecule has 9 heteroatoms. The molecule has 1 fully saturated rings. The highest BCUT2D eigenvalue weighted by atomic mass is 35.5. The molecule has 0 aromatic heterocycles. The highest BCUT2D eigenvalue weighted by molar-refractivity contribution is 6.31. The molecule has 178 valence electrons. The second-order valence-electron chi connectivity index (χ2n) is 8.13. The van der Waals surface area contributed by atoms with Gasteiger partial charge < -0.3 is 10.0 Å². The van der Waals surface area contributed by atoms with Gasteiger partial charge in [0.15, 0.2) is 0 Å². The molecule has 4 rings (SSSR count). The number of hydrogen-bond acceptors (Lipinski definition) is 3. The molecule has 1 aliphatic rings. The Labute approximate surface area is 204 Å². The summed E-state index contributed by atoms with van der Waals surface area (Å²) in [5, 5.41) is 19.5. The first-order valence-electron chi connectivity index (χ1n) is 10.6. The molecule has 35 heavy (non-hydrogen) atoms. The maximum Gasteiger partial charge on any atom is 0.416 e. The monoisotopic (exact) mass is 498 g/mol. The van der Waals surface area contributed by atoms with Gasteiger partial charge in [-0.25, -0.2) is 4.79 Å². The van der Waals surface area contributed by atoms with E-state index in [-0.39, 0.29) is 23.1 Å². The van der Waals surface area contributed by atoms with Crippen molar-refractivity contribution in [3.05, 3.63) is 94.0 Å². The molecular weight excluding hydrogens is 481 g/mol. The van der Waals surface area contributed by atoms with Crippen molar-refractivity contribution >= 4 is 23.5 Å². The van der Waals surface area contributed by atoms with Gasteiger partial charge in [-0.1, -0.05) is 48.0 Å². The predicted molar refractivity (Wildman–Crippen MR) is 123 cm³/mol. The number of carbonyl (C=O) groups excluding carboxylic acids is 1. The summed E-state index contributed by atoms with van der Waals surface area (Å²) in [6.07, 6.45) is -3.87. The Hall–Kier alpha value is -3.83. The van der Waals surface area contributed by atoms with E-state index in [1.807, 2.05) is 0 Å². The molecule has 3 aromatic carbocycles. The van der Waals surface area contributed by atoms with Crippen molar-refractivity contribution < 1.29 is 27.9 Å². The third-order valence-corrected chi connectivity index (χ3v) is 6.42. The Morgan fingerprint density at radius 3 is 2.31 bits per heavy atom. The first kappa shape index (κ1) is 24.3.